The van der Waals surface area contributed by atoms with Gasteiger partial charge in [-0.15, -0.1) is 0 Å². The van der Waals surface area contributed by atoms with Crippen LogP contribution in [0.2, 0.25) is 0 Å². The molecule has 0 aliphatic carbocycles. The number of sulfone groups is 1. The van der Waals surface area contributed by atoms with Gasteiger partial charge in [-0.3, -0.25) is 0 Å². The molecule has 2 aromatic heterocycles. The van der Waals surface area contributed by atoms with Crippen LogP contribution in [0.15, 0.2) is 53.6 Å². The second-order valence-electron chi connectivity index (χ2n) is 8.83. The molecule has 1 aliphatic heterocycles. The molecule has 1 fully saturated rings. The number of ether oxygens (including phenoxy) is 1. The largest absolute Gasteiger partial charge is 0.491 e. The maximum absolute atomic E-state index is 12.5. The van der Waals surface area contributed by atoms with Crippen LogP contribution in [0.3, 0.4) is 0 Å². The average molecular weight is 464 g/mol. The average Bonchev–Trinajstić information content (AvgIpc) is 3.22. The maximum atomic E-state index is 12.5. The number of H-pyrrole nitrogens is 1. The quantitative estimate of drug-likeness (QED) is 0.426. The molecule has 3 heterocycles. The predicted molar refractivity (Wildman–Crippen MR) is 133 cm³/mol. The zero-order valence-corrected chi connectivity index (χ0v) is 19.8. The lowest BCUT2D eigenvalue weighted by atomic mass is 9.98. The Labute approximate surface area is 194 Å². The predicted octanol–water partition coefficient (Wildman–Crippen LogP) is 4.86. The molecule has 4 aromatic rings. The lowest BCUT2D eigenvalue weighted by molar-refractivity contribution is 0.217. The number of benzene rings is 2. The van der Waals surface area contributed by atoms with Gasteiger partial charge in [-0.2, -0.15) is 0 Å². The third-order valence-corrected chi connectivity index (χ3v) is 8.25. The lowest BCUT2D eigenvalue weighted by Crippen LogP contribution is -2.30. The van der Waals surface area contributed by atoms with E-state index in [0.717, 1.165) is 70.3 Å². The van der Waals surface area contributed by atoms with Crippen LogP contribution < -0.4 is 10.1 Å². The minimum absolute atomic E-state index is 0.0749. The van der Waals surface area contributed by atoms with Crippen LogP contribution in [-0.4, -0.2) is 43.8 Å². The number of fused-ring (bicyclic) bond motifs is 3. The number of rotatable bonds is 6. The fourth-order valence-corrected chi connectivity index (χ4v) is 5.53. The molecule has 0 radical (unpaired) electrons. The molecule has 2 N–H and O–H groups in total. The van der Waals surface area contributed by atoms with Crippen molar-refractivity contribution >= 4 is 31.8 Å². The van der Waals surface area contributed by atoms with Crippen LogP contribution >= 0.6 is 0 Å². The number of nitrogens with one attached hydrogen (secondary N) is 2. The van der Waals surface area contributed by atoms with Crippen LogP contribution in [0.1, 0.15) is 25.3 Å². The topological polar surface area (TPSA) is 84.1 Å². The summed E-state index contributed by atoms with van der Waals surface area (Å²) in [6.45, 7) is 6.45. The molecule has 33 heavy (non-hydrogen) atoms. The zero-order chi connectivity index (χ0) is 23.0. The van der Waals surface area contributed by atoms with Crippen molar-refractivity contribution in [2.24, 2.45) is 5.92 Å². The van der Waals surface area contributed by atoms with Gasteiger partial charge in [-0.1, -0.05) is 19.1 Å². The number of aryl methyl sites for hydroxylation is 1. The minimum atomic E-state index is -3.30. The number of piperidine rings is 1. The van der Waals surface area contributed by atoms with Crippen molar-refractivity contribution in [2.45, 2.75) is 31.6 Å². The molecule has 0 unspecified atom stereocenters. The van der Waals surface area contributed by atoms with Crippen LogP contribution in [0.5, 0.6) is 5.75 Å². The number of aromatic amines is 1. The van der Waals surface area contributed by atoms with Crippen molar-refractivity contribution in [3.63, 3.8) is 0 Å². The van der Waals surface area contributed by atoms with Gasteiger partial charge in [-0.25, -0.2) is 13.4 Å². The van der Waals surface area contributed by atoms with Gasteiger partial charge in [0.25, 0.3) is 0 Å². The smallest absolute Gasteiger partial charge is 0.178 e. The van der Waals surface area contributed by atoms with Crippen LogP contribution in [0.4, 0.5) is 0 Å². The van der Waals surface area contributed by atoms with E-state index in [-0.39, 0.29) is 5.75 Å². The summed E-state index contributed by atoms with van der Waals surface area (Å²) in [5.74, 6) is 1.42. The van der Waals surface area contributed by atoms with Gasteiger partial charge in [0, 0.05) is 17.0 Å². The van der Waals surface area contributed by atoms with E-state index in [2.05, 4.69) is 21.4 Å². The Morgan fingerprint density at radius 3 is 2.73 bits per heavy atom. The lowest BCUT2D eigenvalue weighted by Gasteiger charge is -2.23. The fraction of sp³-hybridized carbons (Fsp3) is 0.346. The highest BCUT2D eigenvalue weighted by Gasteiger charge is 2.19. The van der Waals surface area contributed by atoms with E-state index < -0.39 is 9.84 Å². The highest BCUT2D eigenvalue weighted by atomic mass is 32.2. The second kappa shape index (κ2) is 8.80. The molecular weight excluding hydrogens is 434 g/mol. The highest BCUT2D eigenvalue weighted by molar-refractivity contribution is 7.91. The van der Waals surface area contributed by atoms with E-state index in [1.807, 2.05) is 37.4 Å². The van der Waals surface area contributed by atoms with Gasteiger partial charge in [0.15, 0.2) is 9.84 Å². The van der Waals surface area contributed by atoms with E-state index in [4.69, 9.17) is 4.74 Å². The van der Waals surface area contributed by atoms with E-state index in [9.17, 15) is 8.42 Å². The summed E-state index contributed by atoms with van der Waals surface area (Å²) >= 11 is 0. The second-order valence-corrected chi connectivity index (χ2v) is 11.1. The molecule has 2 aromatic carbocycles. The van der Waals surface area contributed by atoms with Gasteiger partial charge in [0.05, 0.1) is 22.8 Å². The normalized spacial score (nSPS) is 15.3. The van der Waals surface area contributed by atoms with Gasteiger partial charge in [-0.05, 0) is 85.8 Å². The summed E-state index contributed by atoms with van der Waals surface area (Å²) in [5, 5.41) is 5.42. The third-order valence-electron chi connectivity index (χ3n) is 6.52. The molecule has 6 nitrogen and oxygen atoms in total. The first kappa shape index (κ1) is 21.9. The number of pyridine rings is 1. The molecule has 172 valence electrons. The standard InChI is InChI=1S/C26H29N3O3S/c1-3-33(30,31)20-6-4-5-19(14-20)21-7-8-23(32-16-18-9-11-27-12-10-18)25-24(21)22-13-17(2)15-28-26(22)29-25/h4-8,13-15,18,27H,3,9-12,16H2,1-2H3,(H,28,29). The number of hydrogen-bond donors (Lipinski definition) is 2. The Morgan fingerprint density at radius 2 is 1.94 bits per heavy atom. The van der Waals surface area contributed by atoms with Crippen LogP contribution in [0, 0.1) is 12.8 Å². The van der Waals surface area contributed by atoms with Crippen LogP contribution in [0.25, 0.3) is 33.1 Å². The van der Waals surface area contributed by atoms with Crippen molar-refractivity contribution in [1.29, 1.82) is 0 Å². The molecule has 0 bridgehead atoms. The fourth-order valence-electron chi connectivity index (χ4n) is 4.61. The molecule has 1 saturated heterocycles. The van der Waals surface area contributed by atoms with E-state index in [1.165, 1.54) is 0 Å². The SMILES string of the molecule is CCS(=O)(=O)c1cccc(-c2ccc(OCC3CCNCC3)c3[nH]c4ncc(C)cc4c23)c1. The number of nitrogens with zero attached hydrogens (tertiary/aromatic N) is 1. The molecule has 0 amide bonds. The summed E-state index contributed by atoms with van der Waals surface area (Å²) in [7, 11) is -3.30. The van der Waals surface area contributed by atoms with E-state index in [0.29, 0.717) is 17.4 Å². The Morgan fingerprint density at radius 1 is 1.12 bits per heavy atom. The van der Waals surface area contributed by atoms with Crippen LogP contribution in [-0.2, 0) is 9.84 Å². The van der Waals surface area contributed by atoms with E-state index >= 15 is 0 Å². The molecule has 0 spiro atoms. The van der Waals surface area contributed by atoms with Gasteiger partial charge in [0.1, 0.15) is 11.4 Å². The van der Waals surface area contributed by atoms with Crippen molar-refractivity contribution in [3.8, 4) is 16.9 Å². The Hall–Kier alpha value is -2.90. The van der Waals surface area contributed by atoms with Crippen molar-refractivity contribution in [1.82, 2.24) is 15.3 Å². The van der Waals surface area contributed by atoms with Gasteiger partial charge in [0.2, 0.25) is 0 Å². The van der Waals surface area contributed by atoms with E-state index in [1.54, 1.807) is 19.1 Å². The summed E-state index contributed by atoms with van der Waals surface area (Å²) in [6.07, 6.45) is 4.09. The molecular formula is C26H29N3O3S. The number of aromatic nitrogens is 2. The maximum Gasteiger partial charge on any atom is 0.178 e. The molecule has 0 saturated carbocycles. The van der Waals surface area contributed by atoms with Gasteiger partial charge < -0.3 is 15.0 Å². The Balaban J connectivity index is 1.65. The monoisotopic (exact) mass is 463 g/mol. The first-order valence-electron chi connectivity index (χ1n) is 11.5. The minimum Gasteiger partial charge on any atom is -0.491 e. The Kier molecular flexibility index (Phi) is 5.85. The van der Waals surface area contributed by atoms with Crippen molar-refractivity contribution in [2.75, 3.05) is 25.4 Å². The summed E-state index contributed by atoms with van der Waals surface area (Å²) in [4.78, 5) is 8.40. The molecule has 5 rings (SSSR count). The third kappa shape index (κ3) is 4.23. The molecule has 1 aliphatic rings. The Bertz CT molecular complexity index is 1420. The first-order valence-corrected chi connectivity index (χ1v) is 13.2. The first-order chi connectivity index (χ1) is 16.0. The molecule has 7 heteroatoms. The molecule has 0 atom stereocenters. The van der Waals surface area contributed by atoms with Gasteiger partial charge >= 0.3 is 0 Å². The summed E-state index contributed by atoms with van der Waals surface area (Å²) in [5.41, 5.74) is 4.59. The highest BCUT2D eigenvalue weighted by Crippen LogP contribution is 2.39. The zero-order valence-electron chi connectivity index (χ0n) is 19.0. The summed E-state index contributed by atoms with van der Waals surface area (Å²) < 4.78 is 31.3. The number of hydrogen-bond acceptors (Lipinski definition) is 5. The summed E-state index contributed by atoms with van der Waals surface area (Å²) in [6, 6.07) is 13.3. The van der Waals surface area contributed by atoms with Crippen molar-refractivity contribution in [3.05, 3.63) is 54.2 Å². The van der Waals surface area contributed by atoms with Crippen molar-refractivity contribution < 1.29 is 13.2 Å².